The van der Waals surface area contributed by atoms with Crippen molar-refractivity contribution in [1.29, 1.82) is 0 Å². The smallest absolute Gasteiger partial charge is 0.204 e. The molecule has 0 aliphatic carbocycles. The molecule has 1 unspecified atom stereocenters. The molecule has 5 heteroatoms. The lowest BCUT2D eigenvalue weighted by molar-refractivity contribution is 0.0669. The number of hydrogen-bond donors (Lipinski definition) is 0. The zero-order chi connectivity index (χ0) is 34.3. The molecular weight excluding hydrogens is 608 g/mol. The largest absolute Gasteiger partial charge is 0.492 e. The number of hydrogen-bond acceptors (Lipinski definition) is 5. The van der Waals surface area contributed by atoms with Crippen molar-refractivity contribution < 1.29 is 23.7 Å². The average Bonchev–Trinajstić information content (AvgIpc) is 3.16. The van der Waals surface area contributed by atoms with E-state index >= 15 is 0 Å². The van der Waals surface area contributed by atoms with Crippen LogP contribution in [0.1, 0.15) is 40.7 Å². The summed E-state index contributed by atoms with van der Waals surface area (Å²) < 4.78 is 31.4. The van der Waals surface area contributed by atoms with Crippen molar-refractivity contribution in [1.82, 2.24) is 0 Å². The molecule has 0 aliphatic heterocycles. The van der Waals surface area contributed by atoms with Gasteiger partial charge in [-0.1, -0.05) is 109 Å². The van der Waals surface area contributed by atoms with Gasteiger partial charge in [-0.25, -0.2) is 0 Å². The van der Waals surface area contributed by atoms with E-state index in [4.69, 9.17) is 23.7 Å². The van der Waals surface area contributed by atoms with Gasteiger partial charge in [0.15, 0.2) is 11.5 Å². The Morgan fingerprint density at radius 3 is 1.73 bits per heavy atom. The van der Waals surface area contributed by atoms with Gasteiger partial charge in [0.05, 0.1) is 26.9 Å². The lowest BCUT2D eigenvalue weighted by atomic mass is 9.94. The number of allylic oxidation sites excluding steroid dienone is 1. The van der Waals surface area contributed by atoms with E-state index < -0.39 is 0 Å². The Bertz CT molecular complexity index is 1770. The normalized spacial score (nSPS) is 11.4. The fraction of sp³-hybridized carbons (Fsp3) is 0.227. The molecule has 0 N–H and O–H groups in total. The highest BCUT2D eigenvalue weighted by Crippen LogP contribution is 2.49. The molecule has 5 aromatic carbocycles. The van der Waals surface area contributed by atoms with E-state index in [-0.39, 0.29) is 6.10 Å². The third kappa shape index (κ3) is 9.65. The first-order valence-corrected chi connectivity index (χ1v) is 16.8. The number of rotatable bonds is 19. The van der Waals surface area contributed by atoms with E-state index in [9.17, 15) is 0 Å². The molecule has 0 heterocycles. The van der Waals surface area contributed by atoms with Crippen molar-refractivity contribution >= 4 is 0 Å². The minimum Gasteiger partial charge on any atom is -0.492 e. The van der Waals surface area contributed by atoms with E-state index in [0.717, 1.165) is 70.4 Å². The van der Waals surface area contributed by atoms with E-state index in [1.807, 2.05) is 78.9 Å². The Balaban J connectivity index is 1.51. The summed E-state index contributed by atoms with van der Waals surface area (Å²) in [5.74, 6) is 2.56. The second-order valence-corrected chi connectivity index (χ2v) is 11.8. The first-order valence-electron chi connectivity index (χ1n) is 16.8. The van der Waals surface area contributed by atoms with Gasteiger partial charge in [-0.2, -0.15) is 0 Å². The van der Waals surface area contributed by atoms with Crippen LogP contribution >= 0.6 is 0 Å². The Kier molecular flexibility index (Phi) is 13.1. The summed E-state index contributed by atoms with van der Waals surface area (Å²) in [7, 11) is 3.32. The Morgan fingerprint density at radius 2 is 1.16 bits per heavy atom. The summed E-state index contributed by atoms with van der Waals surface area (Å²) >= 11 is 0. The summed E-state index contributed by atoms with van der Waals surface area (Å²) in [5.41, 5.74) is 7.23. The minimum atomic E-state index is -0.0844. The van der Waals surface area contributed by atoms with Gasteiger partial charge in [0.25, 0.3) is 0 Å². The molecule has 5 rings (SSSR count). The SMILES string of the molecule is C=CCCc1cc(-c2cc(CCC(C=C)OCc3ccccc3)ccc2OCc2ccccc2)c(OC)c(OC)c1OCc1ccccc1. The van der Waals surface area contributed by atoms with Crippen LogP contribution in [0.5, 0.6) is 23.0 Å². The van der Waals surface area contributed by atoms with Gasteiger partial charge >= 0.3 is 0 Å². The van der Waals surface area contributed by atoms with Gasteiger partial charge in [-0.05, 0) is 71.7 Å². The van der Waals surface area contributed by atoms with Gasteiger partial charge < -0.3 is 23.7 Å². The highest BCUT2D eigenvalue weighted by Gasteiger charge is 2.24. The van der Waals surface area contributed by atoms with Crippen LogP contribution in [-0.4, -0.2) is 20.3 Å². The molecule has 5 nitrogen and oxygen atoms in total. The molecular formula is C44H46O5. The van der Waals surface area contributed by atoms with Gasteiger partial charge in [0.1, 0.15) is 19.0 Å². The summed E-state index contributed by atoms with van der Waals surface area (Å²) in [6.07, 6.45) is 6.80. The number of methoxy groups -OCH3 is 2. The molecule has 1 atom stereocenters. The zero-order valence-electron chi connectivity index (χ0n) is 28.6. The van der Waals surface area contributed by atoms with Crippen molar-refractivity contribution in [3.63, 3.8) is 0 Å². The summed E-state index contributed by atoms with van der Waals surface area (Å²) in [6.45, 7) is 9.39. The Morgan fingerprint density at radius 1 is 0.571 bits per heavy atom. The quantitative estimate of drug-likeness (QED) is 0.0830. The monoisotopic (exact) mass is 654 g/mol. The van der Waals surface area contributed by atoms with Crippen LogP contribution in [0.15, 0.2) is 141 Å². The highest BCUT2D eigenvalue weighted by molar-refractivity contribution is 5.82. The van der Waals surface area contributed by atoms with Crippen molar-refractivity contribution in [3.8, 4) is 34.1 Å². The first-order chi connectivity index (χ1) is 24.1. The van der Waals surface area contributed by atoms with Crippen molar-refractivity contribution in [2.75, 3.05) is 14.2 Å². The third-order valence-electron chi connectivity index (χ3n) is 8.38. The van der Waals surface area contributed by atoms with E-state index in [0.29, 0.717) is 37.1 Å². The van der Waals surface area contributed by atoms with Crippen LogP contribution < -0.4 is 18.9 Å². The van der Waals surface area contributed by atoms with Crippen molar-refractivity contribution in [2.45, 2.75) is 51.6 Å². The van der Waals surface area contributed by atoms with Crippen LogP contribution in [0.3, 0.4) is 0 Å². The summed E-state index contributed by atoms with van der Waals surface area (Å²) in [5, 5.41) is 0. The Hall–Kier alpha value is -5.26. The molecule has 5 aromatic rings. The topological polar surface area (TPSA) is 46.2 Å². The second kappa shape index (κ2) is 18.3. The van der Waals surface area contributed by atoms with Crippen LogP contribution in [0.4, 0.5) is 0 Å². The molecule has 49 heavy (non-hydrogen) atoms. The lowest BCUT2D eigenvalue weighted by Crippen LogP contribution is -2.11. The molecule has 0 saturated heterocycles. The van der Waals surface area contributed by atoms with Crippen molar-refractivity contribution in [3.05, 3.63) is 168 Å². The fourth-order valence-electron chi connectivity index (χ4n) is 5.76. The maximum atomic E-state index is 6.51. The minimum absolute atomic E-state index is 0.0844. The molecule has 0 bridgehead atoms. The summed E-state index contributed by atoms with van der Waals surface area (Å²) in [6, 6.07) is 39.0. The zero-order valence-corrected chi connectivity index (χ0v) is 28.6. The van der Waals surface area contributed by atoms with E-state index in [2.05, 4.69) is 61.7 Å². The third-order valence-corrected chi connectivity index (χ3v) is 8.38. The molecule has 0 fully saturated rings. The summed E-state index contributed by atoms with van der Waals surface area (Å²) in [4.78, 5) is 0. The van der Waals surface area contributed by atoms with Crippen LogP contribution in [0.2, 0.25) is 0 Å². The molecule has 0 amide bonds. The van der Waals surface area contributed by atoms with E-state index in [1.165, 1.54) is 0 Å². The molecule has 0 aliphatic rings. The number of benzene rings is 5. The molecule has 0 spiro atoms. The van der Waals surface area contributed by atoms with Crippen molar-refractivity contribution in [2.24, 2.45) is 0 Å². The highest BCUT2D eigenvalue weighted by atomic mass is 16.5. The maximum absolute atomic E-state index is 6.51. The molecule has 0 saturated carbocycles. The van der Waals surface area contributed by atoms with Gasteiger partial charge in [0, 0.05) is 11.1 Å². The Labute approximate surface area is 291 Å². The maximum Gasteiger partial charge on any atom is 0.204 e. The fourth-order valence-corrected chi connectivity index (χ4v) is 5.76. The standard InChI is InChI=1S/C44H46O5/c1-5-7-23-37-29-40(43(45-3)44(46-4)42(37)49-32-36-21-15-10-16-22-36)39-28-33(25-27-41(39)48-31-35-19-13-9-14-20-35)24-26-38(6-2)47-30-34-17-11-8-12-18-34/h5-6,8-22,25,27-29,38H,1-2,7,23-24,26,30-32H2,3-4H3. The molecule has 0 radical (unpaired) electrons. The molecule has 252 valence electrons. The van der Waals surface area contributed by atoms with Crippen LogP contribution in [0, 0.1) is 0 Å². The molecule has 0 aromatic heterocycles. The van der Waals surface area contributed by atoms with Gasteiger partial charge in [-0.15, -0.1) is 13.2 Å². The van der Waals surface area contributed by atoms with E-state index in [1.54, 1.807) is 14.2 Å². The van der Waals surface area contributed by atoms with Crippen LogP contribution in [0.25, 0.3) is 11.1 Å². The predicted molar refractivity (Wildman–Crippen MR) is 199 cm³/mol. The second-order valence-electron chi connectivity index (χ2n) is 11.8. The van der Waals surface area contributed by atoms with Gasteiger partial charge in [0.2, 0.25) is 5.75 Å². The predicted octanol–water partition coefficient (Wildman–Crippen LogP) is 10.4. The van der Waals surface area contributed by atoms with Crippen LogP contribution in [-0.2, 0) is 37.4 Å². The number of aryl methyl sites for hydroxylation is 2. The average molecular weight is 655 g/mol. The number of ether oxygens (including phenoxy) is 5. The first kappa shape index (κ1) is 35.1. The lowest BCUT2D eigenvalue weighted by Gasteiger charge is -2.22. The van der Waals surface area contributed by atoms with Gasteiger partial charge in [-0.3, -0.25) is 0 Å².